The van der Waals surface area contributed by atoms with E-state index in [9.17, 15) is 9.59 Å². The van der Waals surface area contributed by atoms with E-state index in [-0.39, 0.29) is 23.8 Å². The van der Waals surface area contributed by atoms with E-state index in [1.807, 2.05) is 35.0 Å². The minimum Gasteiger partial charge on any atom is -0.365 e. The molecular weight excluding hydrogens is 412 g/mol. The number of likely N-dealkylation sites (tertiary alicyclic amines) is 1. The normalized spacial score (nSPS) is 22.6. The van der Waals surface area contributed by atoms with Gasteiger partial charge in [-0.05, 0) is 36.5 Å². The van der Waals surface area contributed by atoms with Crippen molar-refractivity contribution in [1.29, 1.82) is 0 Å². The summed E-state index contributed by atoms with van der Waals surface area (Å²) in [7, 11) is 1.91. The van der Waals surface area contributed by atoms with Gasteiger partial charge in [0, 0.05) is 52.0 Å². The number of rotatable bonds is 5. The fourth-order valence-corrected chi connectivity index (χ4v) is 5.72. The van der Waals surface area contributed by atoms with Crippen molar-refractivity contribution in [1.82, 2.24) is 14.7 Å². The number of anilines is 1. The highest BCUT2D eigenvalue weighted by atomic mass is 16.2. The van der Waals surface area contributed by atoms with E-state index in [0.29, 0.717) is 13.1 Å². The first-order chi connectivity index (χ1) is 16.1. The van der Waals surface area contributed by atoms with E-state index in [1.54, 1.807) is 0 Å². The van der Waals surface area contributed by atoms with Crippen LogP contribution in [0.3, 0.4) is 0 Å². The standard InChI is InChI=1S/C27H34N4O2/c1-28(18-21-9-3-2-4-10-21)27(33)23-17-22-11-5-6-12-24(22)31-16-15-29(19-25(23)31)20-26(32)30-13-7-8-14-30/h2-6,9-12,23,25H,7-8,13-20H2,1H3. The lowest BCUT2D eigenvalue weighted by atomic mass is 9.83. The zero-order valence-electron chi connectivity index (χ0n) is 19.5. The second-order valence-electron chi connectivity index (χ2n) is 9.70. The highest BCUT2D eigenvalue weighted by Gasteiger charge is 2.42. The Labute approximate surface area is 196 Å². The number of hydrogen-bond acceptors (Lipinski definition) is 4. The molecule has 3 heterocycles. The fraction of sp³-hybridized carbons (Fsp3) is 0.481. The smallest absolute Gasteiger partial charge is 0.236 e. The van der Waals surface area contributed by atoms with Crippen molar-refractivity contribution in [2.75, 3.05) is 51.2 Å². The Morgan fingerprint density at radius 3 is 2.45 bits per heavy atom. The summed E-state index contributed by atoms with van der Waals surface area (Å²) in [5.41, 5.74) is 3.65. The Kier molecular flexibility index (Phi) is 6.36. The third-order valence-corrected chi connectivity index (χ3v) is 7.48. The molecule has 6 heteroatoms. The maximum atomic E-state index is 13.7. The van der Waals surface area contributed by atoms with E-state index in [4.69, 9.17) is 0 Å². The van der Waals surface area contributed by atoms with Crippen LogP contribution in [0.1, 0.15) is 24.0 Å². The highest BCUT2D eigenvalue weighted by Crippen LogP contribution is 2.36. The third-order valence-electron chi connectivity index (χ3n) is 7.48. The summed E-state index contributed by atoms with van der Waals surface area (Å²) < 4.78 is 0. The lowest BCUT2D eigenvalue weighted by Crippen LogP contribution is -2.62. The molecule has 3 aliphatic rings. The molecule has 0 spiro atoms. The maximum absolute atomic E-state index is 13.7. The molecule has 5 rings (SSSR count). The van der Waals surface area contributed by atoms with Crippen LogP contribution in [0.2, 0.25) is 0 Å². The summed E-state index contributed by atoms with van der Waals surface area (Å²) in [6, 6.07) is 18.8. The topological polar surface area (TPSA) is 47.1 Å². The van der Waals surface area contributed by atoms with Gasteiger partial charge in [0.2, 0.25) is 11.8 Å². The SMILES string of the molecule is CN(Cc1ccccc1)C(=O)C1Cc2ccccc2N2CCN(CC(=O)N3CCCC3)CC12. The van der Waals surface area contributed by atoms with Gasteiger partial charge in [0.1, 0.15) is 0 Å². The Morgan fingerprint density at radius 1 is 0.939 bits per heavy atom. The minimum atomic E-state index is -0.113. The molecule has 6 nitrogen and oxygen atoms in total. The second kappa shape index (κ2) is 9.56. The van der Waals surface area contributed by atoms with Gasteiger partial charge in [-0.1, -0.05) is 48.5 Å². The number of carbonyl (C=O) groups excluding carboxylic acids is 2. The molecule has 2 saturated heterocycles. The van der Waals surface area contributed by atoms with Gasteiger partial charge in [-0.15, -0.1) is 0 Å². The lowest BCUT2D eigenvalue weighted by molar-refractivity contribution is -0.136. The number of amides is 2. The third kappa shape index (κ3) is 4.62. The van der Waals surface area contributed by atoms with E-state index in [2.05, 4.69) is 46.2 Å². The first kappa shape index (κ1) is 22.0. The molecule has 2 atom stereocenters. The number of fused-ring (bicyclic) bond motifs is 3. The zero-order valence-corrected chi connectivity index (χ0v) is 19.5. The van der Waals surface area contributed by atoms with Crippen LogP contribution < -0.4 is 4.90 Å². The molecule has 174 valence electrons. The molecule has 2 amide bonds. The number of hydrogen-bond donors (Lipinski definition) is 0. The Balaban J connectivity index is 1.34. The quantitative estimate of drug-likeness (QED) is 0.709. The molecule has 2 unspecified atom stereocenters. The Morgan fingerprint density at radius 2 is 1.67 bits per heavy atom. The van der Waals surface area contributed by atoms with Crippen molar-refractivity contribution in [3.63, 3.8) is 0 Å². The number of carbonyl (C=O) groups is 2. The molecule has 3 aliphatic heterocycles. The zero-order chi connectivity index (χ0) is 22.8. The van der Waals surface area contributed by atoms with Crippen LogP contribution in [-0.2, 0) is 22.6 Å². The van der Waals surface area contributed by atoms with Crippen molar-refractivity contribution in [2.24, 2.45) is 5.92 Å². The van der Waals surface area contributed by atoms with Crippen molar-refractivity contribution in [2.45, 2.75) is 31.8 Å². The fourth-order valence-electron chi connectivity index (χ4n) is 5.72. The largest absolute Gasteiger partial charge is 0.365 e. The first-order valence-electron chi connectivity index (χ1n) is 12.2. The second-order valence-corrected chi connectivity index (χ2v) is 9.70. The number of piperazine rings is 1. The van der Waals surface area contributed by atoms with Gasteiger partial charge < -0.3 is 14.7 Å². The number of para-hydroxylation sites is 1. The van der Waals surface area contributed by atoms with Gasteiger partial charge >= 0.3 is 0 Å². The molecule has 0 N–H and O–H groups in total. The van der Waals surface area contributed by atoms with E-state index in [1.165, 1.54) is 11.3 Å². The Bertz CT molecular complexity index is 989. The molecule has 0 radical (unpaired) electrons. The van der Waals surface area contributed by atoms with Gasteiger partial charge in [0.15, 0.2) is 0 Å². The summed E-state index contributed by atoms with van der Waals surface area (Å²) in [5.74, 6) is 0.315. The predicted octanol–water partition coefficient (Wildman–Crippen LogP) is 2.63. The maximum Gasteiger partial charge on any atom is 0.236 e. The van der Waals surface area contributed by atoms with Crippen LogP contribution in [0.5, 0.6) is 0 Å². The summed E-state index contributed by atoms with van der Waals surface area (Å²) in [4.78, 5) is 35.1. The van der Waals surface area contributed by atoms with Crippen molar-refractivity contribution in [3.8, 4) is 0 Å². The van der Waals surface area contributed by atoms with Gasteiger partial charge in [0.25, 0.3) is 0 Å². The van der Waals surface area contributed by atoms with Crippen LogP contribution in [0.25, 0.3) is 0 Å². The van der Waals surface area contributed by atoms with Crippen molar-refractivity contribution >= 4 is 17.5 Å². The van der Waals surface area contributed by atoms with Gasteiger partial charge in [-0.3, -0.25) is 14.5 Å². The molecule has 2 fully saturated rings. The van der Waals surface area contributed by atoms with Crippen LogP contribution in [0.4, 0.5) is 5.69 Å². The molecule has 2 aromatic carbocycles. The molecule has 2 aromatic rings. The first-order valence-corrected chi connectivity index (χ1v) is 12.2. The van der Waals surface area contributed by atoms with Crippen LogP contribution in [0, 0.1) is 5.92 Å². The molecule has 0 saturated carbocycles. The van der Waals surface area contributed by atoms with E-state index < -0.39 is 0 Å². The Hall–Kier alpha value is -2.86. The highest BCUT2D eigenvalue weighted by molar-refractivity contribution is 5.82. The molecule has 33 heavy (non-hydrogen) atoms. The summed E-state index contributed by atoms with van der Waals surface area (Å²) in [6.45, 7) is 5.31. The van der Waals surface area contributed by atoms with Crippen LogP contribution >= 0.6 is 0 Å². The monoisotopic (exact) mass is 446 g/mol. The predicted molar refractivity (Wildman–Crippen MR) is 130 cm³/mol. The summed E-state index contributed by atoms with van der Waals surface area (Å²) in [5, 5.41) is 0. The minimum absolute atomic E-state index is 0.0887. The van der Waals surface area contributed by atoms with Crippen LogP contribution in [-0.4, -0.2) is 78.9 Å². The van der Waals surface area contributed by atoms with Crippen LogP contribution in [0.15, 0.2) is 54.6 Å². The lowest BCUT2D eigenvalue weighted by Gasteiger charge is -2.49. The molecule has 0 bridgehead atoms. The average molecular weight is 447 g/mol. The van der Waals surface area contributed by atoms with Crippen molar-refractivity contribution in [3.05, 3.63) is 65.7 Å². The van der Waals surface area contributed by atoms with Gasteiger partial charge in [0.05, 0.1) is 18.5 Å². The molecule has 0 aliphatic carbocycles. The van der Waals surface area contributed by atoms with Gasteiger partial charge in [-0.25, -0.2) is 0 Å². The average Bonchev–Trinajstić information content (AvgIpc) is 3.39. The van der Waals surface area contributed by atoms with E-state index >= 15 is 0 Å². The molecular formula is C27H34N4O2. The molecule has 0 aromatic heterocycles. The number of nitrogens with zero attached hydrogens (tertiary/aromatic N) is 4. The van der Waals surface area contributed by atoms with Gasteiger partial charge in [-0.2, -0.15) is 0 Å². The summed E-state index contributed by atoms with van der Waals surface area (Å²) in [6.07, 6.45) is 2.98. The van der Waals surface area contributed by atoms with Crippen molar-refractivity contribution < 1.29 is 9.59 Å². The van der Waals surface area contributed by atoms with E-state index in [0.717, 1.165) is 57.5 Å². The number of benzene rings is 2. The summed E-state index contributed by atoms with van der Waals surface area (Å²) >= 11 is 0.